The maximum Gasteiger partial charge on any atom is 0.216 e. The van der Waals surface area contributed by atoms with E-state index in [1.165, 1.54) is 10.8 Å². The van der Waals surface area contributed by atoms with Crippen LogP contribution in [0.4, 0.5) is 0 Å². The predicted octanol–water partition coefficient (Wildman–Crippen LogP) is 2.61. The van der Waals surface area contributed by atoms with Crippen molar-refractivity contribution in [3.05, 3.63) is 72.6 Å². The van der Waals surface area contributed by atoms with E-state index in [9.17, 15) is 5.11 Å². The minimum atomic E-state index is 0.0516. The maximum atomic E-state index is 9.38. The topological polar surface area (TPSA) is 24.1 Å². The zero-order valence-corrected chi connectivity index (χ0v) is 9.95. The maximum absolute atomic E-state index is 9.38. The molecule has 0 aliphatic rings. The second-order valence-electron chi connectivity index (χ2n) is 4.27. The second-order valence-corrected chi connectivity index (χ2v) is 4.27. The smallest absolute Gasteiger partial charge is 0.216 e. The summed E-state index contributed by atoms with van der Waals surface area (Å²) in [6, 6.07) is 18.2. The van der Waals surface area contributed by atoms with E-state index in [0.29, 0.717) is 0 Å². The van der Waals surface area contributed by atoms with Crippen LogP contribution >= 0.6 is 0 Å². The first-order valence-corrected chi connectivity index (χ1v) is 5.98. The lowest BCUT2D eigenvalue weighted by Crippen LogP contribution is -2.30. The Hall–Kier alpha value is -2.19. The Morgan fingerprint density at radius 1 is 0.833 bits per heavy atom. The number of aliphatic hydroxyl groups excluding tert-OH is 1. The molecule has 0 spiro atoms. The van der Waals surface area contributed by atoms with Gasteiger partial charge >= 0.3 is 0 Å². The number of aliphatic hydroxyl groups is 1. The molecule has 3 rings (SSSR count). The number of pyridine rings is 1. The van der Waals surface area contributed by atoms with Gasteiger partial charge in [0.05, 0.1) is 6.61 Å². The molecule has 0 aliphatic carbocycles. The highest BCUT2D eigenvalue weighted by atomic mass is 16.3. The Labute approximate surface area is 106 Å². The number of hydrogen-bond donors (Lipinski definition) is 1. The third kappa shape index (κ3) is 1.87. The number of aromatic nitrogens is 1. The average Bonchev–Trinajstić information content (AvgIpc) is 2.46. The van der Waals surface area contributed by atoms with Crippen LogP contribution in [-0.2, 0) is 6.61 Å². The number of hydrogen-bond acceptors (Lipinski definition) is 1. The van der Waals surface area contributed by atoms with Gasteiger partial charge in [-0.25, -0.2) is 0 Å². The number of fused-ring (bicyclic) bond motifs is 1. The molecule has 0 fully saturated rings. The van der Waals surface area contributed by atoms with Gasteiger partial charge in [0.15, 0.2) is 12.4 Å². The van der Waals surface area contributed by atoms with Crippen LogP contribution < -0.4 is 4.57 Å². The first-order valence-electron chi connectivity index (χ1n) is 5.98. The van der Waals surface area contributed by atoms with Crippen molar-refractivity contribution in [2.75, 3.05) is 0 Å². The van der Waals surface area contributed by atoms with Gasteiger partial charge in [-0.2, -0.15) is 4.57 Å². The molecule has 0 amide bonds. The third-order valence-electron chi connectivity index (χ3n) is 3.13. The highest BCUT2D eigenvalue weighted by molar-refractivity contribution is 5.80. The van der Waals surface area contributed by atoms with Crippen molar-refractivity contribution in [3.8, 4) is 5.69 Å². The van der Waals surface area contributed by atoms with Crippen molar-refractivity contribution in [2.45, 2.75) is 6.61 Å². The molecule has 0 unspecified atom stereocenters. The van der Waals surface area contributed by atoms with Gasteiger partial charge < -0.3 is 5.11 Å². The van der Waals surface area contributed by atoms with E-state index in [1.807, 2.05) is 47.2 Å². The van der Waals surface area contributed by atoms with Crippen LogP contribution in [0.15, 0.2) is 67.0 Å². The van der Waals surface area contributed by atoms with E-state index < -0.39 is 0 Å². The summed E-state index contributed by atoms with van der Waals surface area (Å²) in [5.74, 6) is 0. The monoisotopic (exact) mass is 236 g/mol. The molecule has 2 aromatic carbocycles. The van der Waals surface area contributed by atoms with Crippen LogP contribution in [0, 0.1) is 0 Å². The quantitative estimate of drug-likeness (QED) is 0.679. The highest BCUT2D eigenvalue weighted by Gasteiger charge is 2.11. The van der Waals surface area contributed by atoms with Crippen LogP contribution in [0.3, 0.4) is 0 Å². The summed E-state index contributed by atoms with van der Waals surface area (Å²) in [5.41, 5.74) is 1.95. The number of nitrogens with zero attached hydrogens (tertiary/aromatic N) is 1. The van der Waals surface area contributed by atoms with E-state index in [2.05, 4.69) is 24.4 Å². The van der Waals surface area contributed by atoms with Gasteiger partial charge in [-0.15, -0.1) is 0 Å². The normalized spacial score (nSPS) is 10.7. The fraction of sp³-hybridized carbons (Fsp3) is 0.0625. The molecule has 18 heavy (non-hydrogen) atoms. The lowest BCUT2D eigenvalue weighted by atomic mass is 10.1. The number of rotatable bonds is 2. The van der Waals surface area contributed by atoms with Gasteiger partial charge in [0, 0.05) is 23.1 Å². The molecule has 1 aromatic heterocycles. The minimum Gasteiger partial charge on any atom is -0.391 e. The first kappa shape index (κ1) is 10.9. The van der Waals surface area contributed by atoms with Crippen LogP contribution in [0.2, 0.25) is 0 Å². The summed E-state index contributed by atoms with van der Waals surface area (Å²) in [5, 5.41) is 11.8. The summed E-state index contributed by atoms with van der Waals surface area (Å²) >= 11 is 0. The first-order chi connectivity index (χ1) is 8.88. The number of benzene rings is 2. The molecular formula is C16H14NO+. The third-order valence-corrected chi connectivity index (χ3v) is 3.13. The zero-order valence-electron chi connectivity index (χ0n) is 9.95. The molecule has 2 heteroatoms. The van der Waals surface area contributed by atoms with E-state index in [-0.39, 0.29) is 6.61 Å². The van der Waals surface area contributed by atoms with E-state index in [4.69, 9.17) is 0 Å². The fourth-order valence-corrected chi connectivity index (χ4v) is 2.18. The SMILES string of the molecule is OCc1ccccc1-[n+]1ccc2ccccc2c1. The Balaban J connectivity index is 2.19. The van der Waals surface area contributed by atoms with Gasteiger partial charge in [-0.05, 0) is 11.5 Å². The molecule has 2 nitrogen and oxygen atoms in total. The molecule has 0 radical (unpaired) electrons. The van der Waals surface area contributed by atoms with Crippen molar-refractivity contribution in [1.82, 2.24) is 0 Å². The lowest BCUT2D eigenvalue weighted by Gasteiger charge is -2.02. The van der Waals surface area contributed by atoms with Crippen LogP contribution in [0.25, 0.3) is 16.5 Å². The van der Waals surface area contributed by atoms with Gasteiger partial charge in [-0.3, -0.25) is 0 Å². The molecule has 1 heterocycles. The Morgan fingerprint density at radius 2 is 1.56 bits per heavy atom. The molecular weight excluding hydrogens is 222 g/mol. The van der Waals surface area contributed by atoms with Crippen LogP contribution in [0.1, 0.15) is 5.56 Å². The number of para-hydroxylation sites is 1. The Bertz CT molecular complexity index is 691. The Morgan fingerprint density at radius 3 is 2.39 bits per heavy atom. The van der Waals surface area contributed by atoms with Crippen molar-refractivity contribution >= 4 is 10.8 Å². The van der Waals surface area contributed by atoms with Gasteiger partial charge in [0.1, 0.15) is 0 Å². The summed E-state index contributed by atoms with van der Waals surface area (Å²) < 4.78 is 2.05. The molecule has 3 aromatic rings. The van der Waals surface area contributed by atoms with Gasteiger partial charge in [0.2, 0.25) is 5.69 Å². The summed E-state index contributed by atoms with van der Waals surface area (Å²) in [6.07, 6.45) is 4.11. The van der Waals surface area contributed by atoms with Crippen molar-refractivity contribution < 1.29 is 9.67 Å². The van der Waals surface area contributed by atoms with Crippen molar-refractivity contribution in [1.29, 1.82) is 0 Å². The van der Waals surface area contributed by atoms with E-state index >= 15 is 0 Å². The average molecular weight is 236 g/mol. The van der Waals surface area contributed by atoms with Crippen LogP contribution in [0.5, 0.6) is 0 Å². The Kier molecular flexibility index (Phi) is 2.79. The largest absolute Gasteiger partial charge is 0.391 e. The molecule has 0 saturated carbocycles. The van der Waals surface area contributed by atoms with E-state index in [1.54, 1.807) is 0 Å². The summed E-state index contributed by atoms with van der Waals surface area (Å²) in [6.45, 7) is 0.0516. The zero-order chi connectivity index (χ0) is 12.4. The summed E-state index contributed by atoms with van der Waals surface area (Å²) in [4.78, 5) is 0. The summed E-state index contributed by atoms with van der Waals surface area (Å²) in [7, 11) is 0. The second kappa shape index (κ2) is 4.59. The molecule has 0 saturated heterocycles. The molecule has 0 aliphatic heterocycles. The minimum absolute atomic E-state index is 0.0516. The van der Waals surface area contributed by atoms with Crippen molar-refractivity contribution in [2.24, 2.45) is 0 Å². The predicted molar refractivity (Wildman–Crippen MR) is 71.4 cm³/mol. The standard InChI is InChI=1S/C16H14NO/c18-12-15-7-3-4-8-16(15)17-10-9-13-5-1-2-6-14(13)11-17/h1-11,18H,12H2/q+1. The van der Waals surface area contributed by atoms with E-state index in [0.717, 1.165) is 11.3 Å². The van der Waals surface area contributed by atoms with Gasteiger partial charge in [0.25, 0.3) is 0 Å². The molecule has 0 atom stereocenters. The van der Waals surface area contributed by atoms with Crippen LogP contribution in [-0.4, -0.2) is 5.11 Å². The van der Waals surface area contributed by atoms with Gasteiger partial charge in [-0.1, -0.05) is 36.4 Å². The lowest BCUT2D eigenvalue weighted by molar-refractivity contribution is -0.594. The molecule has 1 N–H and O–H groups in total. The fourth-order valence-electron chi connectivity index (χ4n) is 2.18. The van der Waals surface area contributed by atoms with Crippen molar-refractivity contribution in [3.63, 3.8) is 0 Å². The molecule has 0 bridgehead atoms. The highest BCUT2D eigenvalue weighted by Crippen LogP contribution is 2.13. The molecule has 88 valence electrons.